The quantitative estimate of drug-likeness (QED) is 0.831. The van der Waals surface area contributed by atoms with Crippen LogP contribution in [-0.4, -0.2) is 40.9 Å². The summed E-state index contributed by atoms with van der Waals surface area (Å²) in [6.07, 6.45) is 6.84. The molecular weight excluding hydrogens is 304 g/mol. The summed E-state index contributed by atoms with van der Waals surface area (Å²) in [6, 6.07) is 7.07. The lowest BCUT2D eigenvalue weighted by Gasteiger charge is -2.36. The molecule has 1 aliphatic carbocycles. The number of nitrogens with zero attached hydrogens (tertiary/aromatic N) is 2. The highest BCUT2D eigenvalue weighted by Crippen LogP contribution is 2.40. The van der Waals surface area contributed by atoms with Gasteiger partial charge in [0.05, 0.1) is 5.52 Å². The van der Waals surface area contributed by atoms with E-state index in [0.29, 0.717) is 11.2 Å². The van der Waals surface area contributed by atoms with Crippen LogP contribution in [0.3, 0.4) is 0 Å². The molecule has 2 N–H and O–H groups in total. The van der Waals surface area contributed by atoms with E-state index in [4.69, 9.17) is 12.2 Å². The van der Waals surface area contributed by atoms with Crippen molar-refractivity contribution in [3.05, 3.63) is 41.6 Å². The van der Waals surface area contributed by atoms with E-state index in [2.05, 4.69) is 57.8 Å². The van der Waals surface area contributed by atoms with E-state index in [-0.39, 0.29) is 0 Å². The Morgan fingerprint density at radius 2 is 2.26 bits per heavy atom. The maximum Gasteiger partial charge on any atom is 0.185 e. The maximum absolute atomic E-state index is 5.35. The second kappa shape index (κ2) is 5.65. The zero-order valence-corrected chi connectivity index (χ0v) is 14.4. The number of likely N-dealkylation sites (N-methyl/N-ethyl adjacent to an activating group) is 1. The molecule has 0 unspecified atom stereocenters. The van der Waals surface area contributed by atoms with Crippen LogP contribution in [0.15, 0.2) is 30.5 Å². The molecule has 2 aliphatic rings. The third kappa shape index (κ3) is 2.35. The third-order valence-electron chi connectivity index (χ3n) is 4.93. The van der Waals surface area contributed by atoms with Gasteiger partial charge in [-0.15, -0.1) is 0 Å². The van der Waals surface area contributed by atoms with Gasteiger partial charge in [0.1, 0.15) is 0 Å². The first-order valence-electron chi connectivity index (χ1n) is 8.27. The molecule has 4 rings (SSSR count). The Hall–Kier alpha value is -1.85. The van der Waals surface area contributed by atoms with E-state index < -0.39 is 0 Å². The molecule has 5 heteroatoms. The number of nitrogens with one attached hydrogen (secondary N) is 2. The summed E-state index contributed by atoms with van der Waals surface area (Å²) in [5.74, 6) is 0. The van der Waals surface area contributed by atoms with Crippen LogP contribution in [-0.2, 0) is 6.42 Å². The molecule has 2 heterocycles. The highest BCUT2D eigenvalue weighted by Gasteiger charge is 2.31. The highest BCUT2D eigenvalue weighted by atomic mass is 32.1. The summed E-state index contributed by atoms with van der Waals surface area (Å²) in [4.78, 5) is 2.48. The van der Waals surface area contributed by atoms with Crippen molar-refractivity contribution in [2.24, 2.45) is 0 Å². The molecule has 4 nitrogen and oxygen atoms in total. The monoisotopic (exact) mass is 326 g/mol. The van der Waals surface area contributed by atoms with Crippen molar-refractivity contribution < 1.29 is 0 Å². The average Bonchev–Trinajstić information content (AvgIpc) is 2.88. The number of benzene rings is 1. The van der Waals surface area contributed by atoms with Crippen LogP contribution < -0.4 is 10.7 Å². The Kier molecular flexibility index (Phi) is 3.62. The van der Waals surface area contributed by atoms with Crippen molar-refractivity contribution in [3.8, 4) is 0 Å². The van der Waals surface area contributed by atoms with Crippen molar-refractivity contribution in [2.45, 2.75) is 25.8 Å². The Bertz CT molecular complexity index is 805. The number of thiocarbonyl (C=S) groups is 1. The standard InChI is InChI=1S/C18H22N4S/c1-3-19-18(23)20-22-11-12-10-16-13(7-5-9-21(16)2)14-6-4-8-15(22)17(12)14/h4,6-8,11,16H,3,5,9-10H2,1-2H3,(H2,19,20,23)/t16-/m1/s1. The molecule has 1 aromatic carbocycles. The molecule has 1 atom stereocenters. The van der Waals surface area contributed by atoms with Crippen LogP contribution in [0.1, 0.15) is 24.5 Å². The van der Waals surface area contributed by atoms with Crippen molar-refractivity contribution in [1.82, 2.24) is 14.9 Å². The van der Waals surface area contributed by atoms with Crippen LogP contribution >= 0.6 is 12.2 Å². The summed E-state index contributed by atoms with van der Waals surface area (Å²) in [5, 5.41) is 5.19. The van der Waals surface area contributed by atoms with E-state index >= 15 is 0 Å². The van der Waals surface area contributed by atoms with Gasteiger partial charge in [-0.3, -0.25) is 15.0 Å². The van der Waals surface area contributed by atoms with Crippen molar-refractivity contribution in [1.29, 1.82) is 0 Å². The first-order chi connectivity index (χ1) is 11.2. The van der Waals surface area contributed by atoms with Crippen molar-refractivity contribution >= 4 is 33.8 Å². The van der Waals surface area contributed by atoms with Gasteiger partial charge < -0.3 is 5.32 Å². The smallest absolute Gasteiger partial charge is 0.185 e. The van der Waals surface area contributed by atoms with Gasteiger partial charge in [-0.05, 0) is 61.8 Å². The maximum atomic E-state index is 5.35. The van der Waals surface area contributed by atoms with Gasteiger partial charge in [0.2, 0.25) is 0 Å². The van der Waals surface area contributed by atoms with E-state index in [1.807, 2.05) is 6.92 Å². The first kappa shape index (κ1) is 14.7. The summed E-state index contributed by atoms with van der Waals surface area (Å²) < 4.78 is 2.07. The fourth-order valence-electron chi connectivity index (χ4n) is 3.88. The number of aromatic nitrogens is 1. The van der Waals surface area contributed by atoms with Gasteiger partial charge in [-0.25, -0.2) is 0 Å². The lowest BCUT2D eigenvalue weighted by Crippen LogP contribution is -2.39. The van der Waals surface area contributed by atoms with Gasteiger partial charge in [-0.1, -0.05) is 18.2 Å². The zero-order valence-electron chi connectivity index (χ0n) is 13.6. The van der Waals surface area contributed by atoms with Crippen LogP contribution in [0.5, 0.6) is 0 Å². The van der Waals surface area contributed by atoms with Crippen LogP contribution in [0, 0.1) is 0 Å². The summed E-state index contributed by atoms with van der Waals surface area (Å²) in [5.41, 5.74) is 8.77. The average molecular weight is 326 g/mol. The molecule has 0 amide bonds. The van der Waals surface area contributed by atoms with E-state index in [1.165, 1.54) is 27.6 Å². The number of fused-ring (bicyclic) bond motifs is 2. The Labute approximate surface area is 142 Å². The normalized spacial score (nSPS) is 20.1. The van der Waals surface area contributed by atoms with Crippen LogP contribution in [0.4, 0.5) is 0 Å². The Morgan fingerprint density at radius 1 is 1.39 bits per heavy atom. The molecule has 1 aliphatic heterocycles. The number of hydrogen-bond donors (Lipinski definition) is 2. The Morgan fingerprint density at radius 3 is 3.09 bits per heavy atom. The molecular formula is C18H22N4S. The van der Waals surface area contributed by atoms with E-state index in [0.717, 1.165) is 25.9 Å². The minimum atomic E-state index is 0.499. The molecule has 0 fully saturated rings. The molecule has 0 radical (unpaired) electrons. The molecule has 23 heavy (non-hydrogen) atoms. The number of rotatable bonds is 2. The zero-order chi connectivity index (χ0) is 16.0. The van der Waals surface area contributed by atoms with Crippen molar-refractivity contribution in [3.63, 3.8) is 0 Å². The minimum absolute atomic E-state index is 0.499. The molecule has 0 bridgehead atoms. The molecule has 2 aromatic rings. The van der Waals surface area contributed by atoms with Crippen LogP contribution in [0.25, 0.3) is 16.5 Å². The van der Waals surface area contributed by atoms with Crippen molar-refractivity contribution in [2.75, 3.05) is 25.6 Å². The minimum Gasteiger partial charge on any atom is -0.362 e. The summed E-state index contributed by atoms with van der Waals surface area (Å²) in [7, 11) is 2.23. The second-order valence-electron chi connectivity index (χ2n) is 6.34. The van der Waals surface area contributed by atoms with Gasteiger partial charge in [-0.2, -0.15) is 0 Å². The highest BCUT2D eigenvalue weighted by molar-refractivity contribution is 7.80. The lowest BCUT2D eigenvalue weighted by atomic mass is 9.82. The lowest BCUT2D eigenvalue weighted by molar-refractivity contribution is 0.282. The molecule has 0 saturated carbocycles. The molecule has 1 aromatic heterocycles. The predicted octanol–water partition coefficient (Wildman–Crippen LogP) is 2.72. The summed E-state index contributed by atoms with van der Waals surface area (Å²) in [6.45, 7) is 4.01. The fraction of sp³-hybridized carbons (Fsp3) is 0.389. The third-order valence-corrected chi connectivity index (χ3v) is 5.16. The first-order valence-corrected chi connectivity index (χ1v) is 8.68. The second-order valence-corrected chi connectivity index (χ2v) is 6.75. The van der Waals surface area contributed by atoms with Gasteiger partial charge in [0.25, 0.3) is 0 Å². The molecule has 120 valence electrons. The molecule has 0 spiro atoms. The van der Waals surface area contributed by atoms with E-state index in [9.17, 15) is 0 Å². The van der Waals surface area contributed by atoms with Gasteiger partial charge >= 0.3 is 0 Å². The topological polar surface area (TPSA) is 32.2 Å². The van der Waals surface area contributed by atoms with Gasteiger partial charge in [0.15, 0.2) is 5.11 Å². The summed E-state index contributed by atoms with van der Waals surface area (Å²) >= 11 is 5.35. The van der Waals surface area contributed by atoms with Gasteiger partial charge in [0, 0.05) is 30.7 Å². The van der Waals surface area contributed by atoms with E-state index in [1.54, 1.807) is 0 Å². The number of hydrogen-bond acceptors (Lipinski definition) is 2. The largest absolute Gasteiger partial charge is 0.362 e. The van der Waals surface area contributed by atoms with Crippen LogP contribution in [0.2, 0.25) is 0 Å². The molecule has 0 saturated heterocycles. The Balaban J connectivity index is 1.82. The SMILES string of the molecule is CCNC(=S)Nn1cc2c3c(cccc31)C1=CCCN(C)[C@@H]1C2. The predicted molar refractivity (Wildman–Crippen MR) is 100 cm³/mol. The fourth-order valence-corrected chi connectivity index (χ4v) is 4.12.